The minimum Gasteiger partial charge on any atom is -0.484 e. The Morgan fingerprint density at radius 3 is 2.42 bits per heavy atom. The molecule has 4 nitrogen and oxygen atoms in total. The normalized spacial score (nSPS) is 12.7. The van der Waals surface area contributed by atoms with Gasteiger partial charge in [0.15, 0.2) is 0 Å². The maximum atomic E-state index is 11.0. The maximum Gasteiger partial charge on any atom is 0.335 e. The number of rotatable bonds is 5. The van der Waals surface area contributed by atoms with Crippen LogP contribution in [0.15, 0.2) is 36.5 Å². The van der Waals surface area contributed by atoms with Gasteiger partial charge >= 0.3 is 5.97 Å². The van der Waals surface area contributed by atoms with Gasteiger partial charge in [0.1, 0.15) is 17.0 Å². The minimum absolute atomic E-state index is 0.0467. The third-order valence-corrected chi connectivity index (χ3v) is 3.99. The topological polar surface area (TPSA) is 59.4 Å². The molecule has 0 saturated carbocycles. The van der Waals surface area contributed by atoms with Gasteiger partial charge in [0.25, 0.3) is 0 Å². The standard InChI is InChI=1S/C19H22ClNO3/c1-12-9-15(11-21-17(12)20)24-16(10-19(2,3)4)13-5-7-14(8-6-13)18(22)23/h5-9,11,16H,10H2,1-4H3,(H,22,23). The van der Waals surface area contributed by atoms with Crippen molar-refractivity contribution < 1.29 is 14.6 Å². The maximum absolute atomic E-state index is 11.0. The summed E-state index contributed by atoms with van der Waals surface area (Å²) in [6.07, 6.45) is 2.19. The van der Waals surface area contributed by atoms with Gasteiger partial charge in [0.2, 0.25) is 0 Å². The number of carboxylic acids is 1. The van der Waals surface area contributed by atoms with Crippen LogP contribution in [-0.2, 0) is 0 Å². The second-order valence-corrected chi connectivity index (χ2v) is 7.44. The molecule has 0 bridgehead atoms. The molecule has 0 spiro atoms. The smallest absolute Gasteiger partial charge is 0.335 e. The molecule has 1 atom stereocenters. The van der Waals surface area contributed by atoms with E-state index in [0.717, 1.165) is 17.5 Å². The number of aromatic nitrogens is 1. The molecule has 0 amide bonds. The molecule has 1 aromatic heterocycles. The monoisotopic (exact) mass is 347 g/mol. The van der Waals surface area contributed by atoms with Gasteiger partial charge in [-0.3, -0.25) is 0 Å². The van der Waals surface area contributed by atoms with Gasteiger partial charge in [0, 0.05) is 0 Å². The molecule has 1 aromatic carbocycles. The Morgan fingerprint density at radius 1 is 1.29 bits per heavy atom. The molecule has 0 aliphatic carbocycles. The van der Waals surface area contributed by atoms with E-state index in [1.165, 1.54) is 0 Å². The zero-order valence-corrected chi connectivity index (χ0v) is 15.1. The highest BCUT2D eigenvalue weighted by atomic mass is 35.5. The molecule has 0 radical (unpaired) electrons. The van der Waals surface area contributed by atoms with Crippen LogP contribution in [0.3, 0.4) is 0 Å². The van der Waals surface area contributed by atoms with Gasteiger partial charge in [-0.15, -0.1) is 0 Å². The fourth-order valence-electron chi connectivity index (χ4n) is 2.39. The number of aryl methyl sites for hydroxylation is 1. The number of carbonyl (C=O) groups is 1. The molecule has 1 unspecified atom stereocenters. The third-order valence-electron chi connectivity index (χ3n) is 3.59. The van der Waals surface area contributed by atoms with Crippen molar-refractivity contribution in [3.8, 4) is 5.75 Å². The Balaban J connectivity index is 2.30. The van der Waals surface area contributed by atoms with E-state index in [1.54, 1.807) is 30.5 Å². The highest BCUT2D eigenvalue weighted by molar-refractivity contribution is 6.30. The number of ether oxygens (including phenoxy) is 1. The molecule has 1 heterocycles. The number of nitrogens with zero attached hydrogens (tertiary/aromatic N) is 1. The third kappa shape index (κ3) is 4.96. The second kappa shape index (κ2) is 7.22. The van der Waals surface area contributed by atoms with Crippen molar-refractivity contribution in [1.82, 2.24) is 4.98 Å². The number of benzene rings is 1. The molecule has 1 N–H and O–H groups in total. The van der Waals surface area contributed by atoms with Crippen LogP contribution >= 0.6 is 11.6 Å². The minimum atomic E-state index is -0.938. The lowest BCUT2D eigenvalue weighted by Crippen LogP contribution is -2.17. The van der Waals surface area contributed by atoms with Crippen LogP contribution in [0.5, 0.6) is 5.75 Å². The summed E-state index contributed by atoms with van der Waals surface area (Å²) in [6.45, 7) is 8.30. The van der Waals surface area contributed by atoms with Crippen LogP contribution in [0.25, 0.3) is 0 Å². The molecule has 128 valence electrons. The van der Waals surface area contributed by atoms with E-state index < -0.39 is 5.97 Å². The second-order valence-electron chi connectivity index (χ2n) is 7.08. The first-order valence-corrected chi connectivity index (χ1v) is 8.15. The summed E-state index contributed by atoms with van der Waals surface area (Å²) in [5, 5.41) is 9.50. The zero-order valence-electron chi connectivity index (χ0n) is 14.3. The summed E-state index contributed by atoms with van der Waals surface area (Å²) in [5.41, 5.74) is 2.09. The van der Waals surface area contributed by atoms with Crippen LogP contribution in [0.1, 0.15) is 54.8 Å². The molecular weight excluding hydrogens is 326 g/mol. The van der Waals surface area contributed by atoms with Crippen molar-refractivity contribution in [3.05, 3.63) is 58.4 Å². The van der Waals surface area contributed by atoms with E-state index in [0.29, 0.717) is 10.9 Å². The van der Waals surface area contributed by atoms with Crippen LogP contribution in [0.4, 0.5) is 0 Å². The van der Waals surface area contributed by atoms with Crippen LogP contribution in [-0.4, -0.2) is 16.1 Å². The molecule has 5 heteroatoms. The number of carboxylic acid groups (broad SMARTS) is 1. The molecular formula is C19H22ClNO3. The molecule has 2 aromatic rings. The van der Waals surface area contributed by atoms with E-state index in [-0.39, 0.29) is 17.1 Å². The Kier molecular flexibility index (Phi) is 5.50. The van der Waals surface area contributed by atoms with Crippen molar-refractivity contribution in [2.45, 2.75) is 40.2 Å². The lowest BCUT2D eigenvalue weighted by molar-refractivity contribution is 0.0696. The number of pyridine rings is 1. The Morgan fingerprint density at radius 2 is 1.92 bits per heavy atom. The summed E-state index contributed by atoms with van der Waals surface area (Å²) in [4.78, 5) is 15.1. The lowest BCUT2D eigenvalue weighted by atomic mass is 9.86. The first kappa shape index (κ1) is 18.3. The quantitative estimate of drug-likeness (QED) is 0.746. The first-order valence-electron chi connectivity index (χ1n) is 7.78. The van der Waals surface area contributed by atoms with Gasteiger partial charge < -0.3 is 9.84 Å². The van der Waals surface area contributed by atoms with Crippen molar-refractivity contribution in [2.75, 3.05) is 0 Å². The van der Waals surface area contributed by atoms with Crippen molar-refractivity contribution in [1.29, 1.82) is 0 Å². The van der Waals surface area contributed by atoms with Crippen LogP contribution in [0, 0.1) is 12.3 Å². The van der Waals surface area contributed by atoms with E-state index in [9.17, 15) is 4.79 Å². The van der Waals surface area contributed by atoms with Crippen LogP contribution in [0.2, 0.25) is 5.15 Å². The Bertz CT molecular complexity index is 720. The van der Waals surface area contributed by atoms with E-state index in [4.69, 9.17) is 21.4 Å². The number of aromatic carboxylic acids is 1. The fourth-order valence-corrected chi connectivity index (χ4v) is 2.49. The average molecular weight is 348 g/mol. The Hall–Kier alpha value is -2.07. The average Bonchev–Trinajstić information content (AvgIpc) is 2.49. The SMILES string of the molecule is Cc1cc(OC(CC(C)(C)C)c2ccc(C(=O)O)cc2)cnc1Cl. The first-order chi connectivity index (χ1) is 11.2. The van der Waals surface area contributed by atoms with E-state index >= 15 is 0 Å². The van der Waals surface area contributed by atoms with Gasteiger partial charge in [-0.1, -0.05) is 44.5 Å². The summed E-state index contributed by atoms with van der Waals surface area (Å²) >= 11 is 5.97. The predicted octanol–water partition coefficient (Wildman–Crippen LogP) is 5.30. The lowest BCUT2D eigenvalue weighted by Gasteiger charge is -2.27. The van der Waals surface area contributed by atoms with Crippen molar-refractivity contribution in [3.63, 3.8) is 0 Å². The van der Waals surface area contributed by atoms with E-state index in [2.05, 4.69) is 25.8 Å². The molecule has 0 aliphatic rings. The largest absolute Gasteiger partial charge is 0.484 e. The molecule has 0 aliphatic heterocycles. The molecule has 0 saturated heterocycles. The number of hydrogen-bond donors (Lipinski definition) is 1. The predicted molar refractivity (Wildman–Crippen MR) is 94.8 cm³/mol. The molecule has 0 fully saturated rings. The van der Waals surface area contributed by atoms with Gasteiger partial charge in [-0.25, -0.2) is 9.78 Å². The summed E-state index contributed by atoms with van der Waals surface area (Å²) in [5.74, 6) is -0.291. The highest BCUT2D eigenvalue weighted by Crippen LogP contribution is 2.34. The van der Waals surface area contributed by atoms with Gasteiger partial charge in [0.05, 0.1) is 11.8 Å². The molecule has 24 heavy (non-hydrogen) atoms. The fraction of sp³-hybridized carbons (Fsp3) is 0.368. The zero-order chi connectivity index (χ0) is 17.9. The van der Waals surface area contributed by atoms with Crippen molar-refractivity contribution >= 4 is 17.6 Å². The Labute approximate surface area is 147 Å². The number of halogens is 1. The molecule has 2 rings (SSSR count). The summed E-state index contributed by atoms with van der Waals surface area (Å²) < 4.78 is 6.14. The number of hydrogen-bond acceptors (Lipinski definition) is 3. The summed E-state index contributed by atoms with van der Waals surface area (Å²) in [7, 11) is 0. The van der Waals surface area contributed by atoms with Gasteiger partial charge in [-0.05, 0) is 48.1 Å². The van der Waals surface area contributed by atoms with Crippen LogP contribution < -0.4 is 4.74 Å². The van der Waals surface area contributed by atoms with E-state index in [1.807, 2.05) is 13.0 Å². The van der Waals surface area contributed by atoms with Gasteiger partial charge in [-0.2, -0.15) is 0 Å². The highest BCUT2D eigenvalue weighted by Gasteiger charge is 2.22. The van der Waals surface area contributed by atoms with Crippen molar-refractivity contribution in [2.24, 2.45) is 5.41 Å². The summed E-state index contributed by atoms with van der Waals surface area (Å²) in [6, 6.07) is 8.66.